The van der Waals surface area contributed by atoms with Crippen LogP contribution < -0.4 is 5.32 Å². The summed E-state index contributed by atoms with van der Waals surface area (Å²) in [6.07, 6.45) is -0.0155. The van der Waals surface area contributed by atoms with E-state index in [-0.39, 0.29) is 17.1 Å². The Morgan fingerprint density at radius 1 is 1.08 bits per heavy atom. The third-order valence-corrected chi connectivity index (χ3v) is 3.84. The first-order valence-electron chi connectivity index (χ1n) is 7.79. The predicted octanol–water partition coefficient (Wildman–Crippen LogP) is 3.99. The van der Waals surface area contributed by atoms with E-state index in [4.69, 9.17) is 4.42 Å². The van der Waals surface area contributed by atoms with Crippen LogP contribution in [0.25, 0.3) is 11.5 Å². The van der Waals surface area contributed by atoms with E-state index in [0.29, 0.717) is 18.1 Å². The van der Waals surface area contributed by atoms with Crippen molar-refractivity contribution in [2.45, 2.75) is 25.7 Å². The molecule has 0 radical (unpaired) electrons. The topological polar surface area (TPSA) is 76.7 Å². The molecule has 2 aromatic heterocycles. The normalized spacial score (nSPS) is 11.8. The molecule has 26 heavy (non-hydrogen) atoms. The Morgan fingerprint density at radius 2 is 1.73 bits per heavy atom. The van der Waals surface area contributed by atoms with E-state index < -0.39 is 12.3 Å². The van der Waals surface area contributed by atoms with Crippen molar-refractivity contribution in [3.63, 3.8) is 0 Å². The molecule has 0 saturated heterocycles. The summed E-state index contributed by atoms with van der Waals surface area (Å²) in [4.78, 5) is 8.25. The highest BCUT2D eigenvalue weighted by Gasteiger charge is 2.21. The van der Waals surface area contributed by atoms with Gasteiger partial charge in [-0.25, -0.2) is 14.4 Å². The largest absolute Gasteiger partial charge is 0.415 e. The molecule has 1 N–H and O–H groups in total. The van der Waals surface area contributed by atoms with Gasteiger partial charge in [0.15, 0.2) is 0 Å². The molecule has 9 heteroatoms. The molecule has 6 nitrogen and oxygen atoms in total. The standard InChI is InChI=1S/C17H16F3N5O/c1-17(2,11-3-5-12(18)6-4-11)9-23-16-21-7-10(8-22-16)14-24-25-15(26-14)13(19)20/h3-8,13H,9H2,1-2H3,(H,21,22,23). The first-order valence-corrected chi connectivity index (χ1v) is 7.79. The number of rotatable bonds is 6. The minimum atomic E-state index is -2.83. The number of benzene rings is 1. The van der Waals surface area contributed by atoms with Crippen molar-refractivity contribution in [2.75, 3.05) is 11.9 Å². The Bertz CT molecular complexity index is 863. The van der Waals surface area contributed by atoms with Gasteiger partial charge in [0.1, 0.15) is 5.82 Å². The lowest BCUT2D eigenvalue weighted by atomic mass is 9.84. The van der Waals surface area contributed by atoms with Crippen LogP contribution in [-0.4, -0.2) is 26.7 Å². The molecule has 0 aliphatic heterocycles. The maximum Gasteiger partial charge on any atom is 0.314 e. The van der Waals surface area contributed by atoms with Crippen molar-refractivity contribution in [3.8, 4) is 11.5 Å². The van der Waals surface area contributed by atoms with Gasteiger partial charge in [-0.1, -0.05) is 26.0 Å². The number of hydrogen-bond acceptors (Lipinski definition) is 6. The van der Waals surface area contributed by atoms with E-state index in [1.807, 2.05) is 13.8 Å². The fourth-order valence-electron chi connectivity index (χ4n) is 2.27. The van der Waals surface area contributed by atoms with Crippen molar-refractivity contribution in [1.82, 2.24) is 20.2 Å². The Hall–Kier alpha value is -2.97. The van der Waals surface area contributed by atoms with Crippen LogP contribution >= 0.6 is 0 Å². The van der Waals surface area contributed by atoms with Gasteiger partial charge >= 0.3 is 6.43 Å². The molecule has 0 aliphatic rings. The van der Waals surface area contributed by atoms with Crippen molar-refractivity contribution in [3.05, 3.63) is 53.9 Å². The second-order valence-corrected chi connectivity index (χ2v) is 6.29. The molecule has 3 rings (SSSR count). The summed E-state index contributed by atoms with van der Waals surface area (Å²) in [7, 11) is 0. The van der Waals surface area contributed by atoms with Crippen LogP contribution in [0.1, 0.15) is 31.7 Å². The van der Waals surface area contributed by atoms with Gasteiger partial charge in [-0.3, -0.25) is 0 Å². The number of hydrogen-bond donors (Lipinski definition) is 1. The van der Waals surface area contributed by atoms with Gasteiger partial charge in [-0.05, 0) is 17.7 Å². The highest BCUT2D eigenvalue weighted by Crippen LogP contribution is 2.25. The maximum absolute atomic E-state index is 13.1. The minimum Gasteiger partial charge on any atom is -0.415 e. The molecule has 0 bridgehead atoms. The summed E-state index contributed by atoms with van der Waals surface area (Å²) in [5.41, 5.74) is 1.02. The lowest BCUT2D eigenvalue weighted by Crippen LogP contribution is -2.28. The Morgan fingerprint density at radius 3 is 2.31 bits per heavy atom. The third-order valence-electron chi connectivity index (χ3n) is 3.84. The molecular formula is C17H16F3N5O. The minimum absolute atomic E-state index is 0.0708. The third kappa shape index (κ3) is 3.98. The second-order valence-electron chi connectivity index (χ2n) is 6.29. The molecule has 0 fully saturated rings. The fraction of sp³-hybridized carbons (Fsp3) is 0.294. The van der Waals surface area contributed by atoms with E-state index in [9.17, 15) is 13.2 Å². The molecule has 0 amide bonds. The number of aromatic nitrogens is 4. The summed E-state index contributed by atoms with van der Waals surface area (Å²) >= 11 is 0. The van der Waals surface area contributed by atoms with E-state index in [1.165, 1.54) is 24.5 Å². The van der Waals surface area contributed by atoms with Crippen LogP contribution in [0, 0.1) is 5.82 Å². The highest BCUT2D eigenvalue weighted by atomic mass is 19.3. The summed E-state index contributed by atoms with van der Waals surface area (Å²) in [5, 5.41) is 9.90. The number of alkyl halides is 2. The van der Waals surface area contributed by atoms with Crippen LogP contribution in [0.2, 0.25) is 0 Å². The van der Waals surface area contributed by atoms with E-state index in [0.717, 1.165) is 5.56 Å². The smallest absolute Gasteiger partial charge is 0.314 e. The van der Waals surface area contributed by atoms with Crippen LogP contribution in [0.5, 0.6) is 0 Å². The number of nitrogens with zero attached hydrogens (tertiary/aromatic N) is 4. The van der Waals surface area contributed by atoms with Gasteiger partial charge < -0.3 is 9.73 Å². The molecule has 1 aromatic carbocycles. The van der Waals surface area contributed by atoms with E-state index >= 15 is 0 Å². The van der Waals surface area contributed by atoms with Crippen molar-refractivity contribution in [1.29, 1.82) is 0 Å². The molecule has 0 spiro atoms. The van der Waals surface area contributed by atoms with Gasteiger partial charge in [0.2, 0.25) is 5.95 Å². The monoisotopic (exact) mass is 363 g/mol. The molecule has 3 aromatic rings. The molecule has 0 aliphatic carbocycles. The van der Waals surface area contributed by atoms with Crippen molar-refractivity contribution in [2.24, 2.45) is 0 Å². The number of anilines is 1. The number of halogens is 3. The van der Waals surface area contributed by atoms with E-state index in [1.54, 1.807) is 12.1 Å². The van der Waals surface area contributed by atoms with Gasteiger partial charge in [-0.2, -0.15) is 8.78 Å². The molecule has 0 unspecified atom stereocenters. The zero-order valence-corrected chi connectivity index (χ0v) is 14.1. The molecule has 0 atom stereocenters. The molecule has 0 saturated carbocycles. The highest BCUT2D eigenvalue weighted by molar-refractivity contribution is 5.50. The SMILES string of the molecule is CC(C)(CNc1ncc(-c2nnc(C(F)F)o2)cn1)c1ccc(F)cc1. The molecule has 2 heterocycles. The maximum atomic E-state index is 13.1. The molecule has 136 valence electrons. The first kappa shape index (κ1) is 17.8. The lowest BCUT2D eigenvalue weighted by Gasteiger charge is -2.25. The summed E-state index contributed by atoms with van der Waals surface area (Å²) in [5.74, 6) is -0.744. The summed E-state index contributed by atoms with van der Waals surface area (Å²) < 4.78 is 42.9. The van der Waals surface area contributed by atoms with Crippen LogP contribution in [0.4, 0.5) is 19.1 Å². The summed E-state index contributed by atoms with van der Waals surface area (Å²) in [6.45, 7) is 4.52. The quantitative estimate of drug-likeness (QED) is 0.713. The molecular weight excluding hydrogens is 347 g/mol. The van der Waals surface area contributed by atoms with Gasteiger partial charge in [-0.15, -0.1) is 10.2 Å². The fourth-order valence-corrected chi connectivity index (χ4v) is 2.27. The lowest BCUT2D eigenvalue weighted by molar-refractivity contribution is 0.116. The Balaban J connectivity index is 1.66. The Labute approximate surface area is 147 Å². The Kier molecular flexibility index (Phi) is 4.88. The second kappa shape index (κ2) is 7.11. The van der Waals surface area contributed by atoms with Crippen LogP contribution in [-0.2, 0) is 5.41 Å². The zero-order chi connectivity index (χ0) is 18.7. The van der Waals surface area contributed by atoms with Gasteiger partial charge in [0, 0.05) is 24.4 Å². The van der Waals surface area contributed by atoms with Crippen molar-refractivity contribution >= 4 is 5.95 Å². The zero-order valence-electron chi connectivity index (χ0n) is 14.1. The van der Waals surface area contributed by atoms with Crippen molar-refractivity contribution < 1.29 is 17.6 Å². The average Bonchev–Trinajstić information content (AvgIpc) is 3.11. The van der Waals surface area contributed by atoms with E-state index in [2.05, 4.69) is 25.5 Å². The van der Waals surface area contributed by atoms with Gasteiger partial charge in [0.05, 0.1) is 5.56 Å². The van der Waals surface area contributed by atoms with Gasteiger partial charge in [0.25, 0.3) is 11.8 Å². The first-order chi connectivity index (χ1) is 12.3. The van der Waals surface area contributed by atoms with Crippen LogP contribution in [0.15, 0.2) is 41.1 Å². The predicted molar refractivity (Wildman–Crippen MR) is 88.2 cm³/mol. The average molecular weight is 363 g/mol. The van der Waals surface area contributed by atoms with Crippen LogP contribution in [0.3, 0.4) is 0 Å². The summed E-state index contributed by atoms with van der Waals surface area (Å²) in [6, 6.07) is 6.30. The number of nitrogens with one attached hydrogen (secondary N) is 1.